The number of H-pyrrole nitrogens is 1. The minimum absolute atomic E-state index is 0. The largest absolute Gasteiger partial charge is 0.507 e. The molecule has 1 fully saturated rings. The lowest BCUT2D eigenvalue weighted by atomic mass is 10.1. The van der Waals surface area contributed by atoms with Crippen LogP contribution >= 0.6 is 12.4 Å². The number of aromatic hydroxyl groups is 1. The Bertz CT molecular complexity index is 843. The van der Waals surface area contributed by atoms with E-state index in [1.807, 2.05) is 18.2 Å². The summed E-state index contributed by atoms with van der Waals surface area (Å²) >= 11 is 0. The number of rotatable bonds is 4. The topological polar surface area (TPSA) is 65.0 Å². The Balaban J connectivity index is 0.00000182. The average Bonchev–Trinajstić information content (AvgIpc) is 3.27. The van der Waals surface area contributed by atoms with Gasteiger partial charge in [0.05, 0.1) is 5.56 Å². The van der Waals surface area contributed by atoms with Crippen molar-refractivity contribution >= 4 is 12.4 Å². The van der Waals surface area contributed by atoms with E-state index in [9.17, 15) is 5.11 Å². The second kappa shape index (κ2) is 7.68. The SMILES string of the molecule is Cl.Oc1ccccc1-c1nc(-c2cccc(CN3CCCC3)c2)n[nH]1. The molecule has 1 aliphatic heterocycles. The molecule has 0 unspecified atom stereocenters. The Morgan fingerprint density at radius 1 is 1.04 bits per heavy atom. The van der Waals surface area contributed by atoms with E-state index >= 15 is 0 Å². The zero-order valence-corrected chi connectivity index (χ0v) is 14.7. The first-order chi connectivity index (χ1) is 11.8. The predicted octanol–water partition coefficient (Wildman–Crippen LogP) is 3.86. The molecule has 6 heteroatoms. The van der Waals surface area contributed by atoms with E-state index in [0.717, 1.165) is 12.1 Å². The quantitative estimate of drug-likeness (QED) is 0.745. The minimum Gasteiger partial charge on any atom is -0.507 e. The molecule has 5 nitrogen and oxygen atoms in total. The number of likely N-dealkylation sites (tertiary alicyclic amines) is 1. The van der Waals surface area contributed by atoms with Crippen LogP contribution in [0.15, 0.2) is 48.5 Å². The number of nitrogens with zero attached hydrogens (tertiary/aromatic N) is 3. The normalized spacial score (nSPS) is 14.4. The molecule has 4 rings (SSSR count). The van der Waals surface area contributed by atoms with Gasteiger partial charge >= 0.3 is 0 Å². The van der Waals surface area contributed by atoms with Crippen molar-refractivity contribution < 1.29 is 5.11 Å². The number of halogens is 1. The van der Waals surface area contributed by atoms with Gasteiger partial charge in [-0.3, -0.25) is 10.00 Å². The van der Waals surface area contributed by atoms with Crippen LogP contribution in [0.4, 0.5) is 0 Å². The summed E-state index contributed by atoms with van der Waals surface area (Å²) in [5.74, 6) is 1.42. The van der Waals surface area contributed by atoms with Crippen molar-refractivity contribution in [3.05, 3.63) is 54.1 Å². The number of hydrogen-bond acceptors (Lipinski definition) is 4. The standard InChI is InChI=1S/C19H20N4O.ClH/c24-17-9-2-1-8-16(17)19-20-18(21-22-19)15-7-5-6-14(12-15)13-23-10-3-4-11-23;/h1-2,5-9,12,24H,3-4,10-11,13H2,(H,20,21,22);1H. The summed E-state index contributed by atoms with van der Waals surface area (Å²) in [7, 11) is 0. The zero-order valence-electron chi connectivity index (χ0n) is 13.9. The third-order valence-electron chi connectivity index (χ3n) is 4.43. The predicted molar refractivity (Wildman–Crippen MR) is 101 cm³/mol. The number of aromatic amines is 1. The molecule has 0 saturated carbocycles. The van der Waals surface area contributed by atoms with Crippen molar-refractivity contribution in [3.63, 3.8) is 0 Å². The number of nitrogens with one attached hydrogen (secondary N) is 1. The highest BCUT2D eigenvalue weighted by atomic mass is 35.5. The monoisotopic (exact) mass is 356 g/mol. The Hall–Kier alpha value is -2.37. The number of para-hydroxylation sites is 1. The molecule has 0 radical (unpaired) electrons. The van der Waals surface area contributed by atoms with E-state index in [2.05, 4.69) is 38.3 Å². The molecule has 1 aromatic heterocycles. The molecule has 2 aromatic carbocycles. The zero-order chi connectivity index (χ0) is 16.4. The number of hydrogen-bond donors (Lipinski definition) is 2. The smallest absolute Gasteiger partial charge is 0.181 e. The molecule has 0 atom stereocenters. The first-order valence-corrected chi connectivity index (χ1v) is 8.32. The average molecular weight is 357 g/mol. The highest BCUT2D eigenvalue weighted by Crippen LogP contribution is 2.27. The van der Waals surface area contributed by atoms with Gasteiger partial charge in [-0.1, -0.05) is 30.3 Å². The van der Waals surface area contributed by atoms with E-state index in [0.29, 0.717) is 17.2 Å². The Labute approximate surface area is 153 Å². The van der Waals surface area contributed by atoms with E-state index in [1.165, 1.54) is 31.5 Å². The van der Waals surface area contributed by atoms with E-state index < -0.39 is 0 Å². The van der Waals surface area contributed by atoms with Gasteiger partial charge in [-0.05, 0) is 49.7 Å². The highest BCUT2D eigenvalue weighted by molar-refractivity contribution is 5.85. The third-order valence-corrected chi connectivity index (χ3v) is 4.43. The van der Waals surface area contributed by atoms with Crippen molar-refractivity contribution in [2.24, 2.45) is 0 Å². The summed E-state index contributed by atoms with van der Waals surface area (Å²) < 4.78 is 0. The maximum absolute atomic E-state index is 9.95. The number of phenols is 1. The molecule has 0 amide bonds. The van der Waals surface area contributed by atoms with E-state index in [4.69, 9.17) is 0 Å². The van der Waals surface area contributed by atoms with Crippen LogP contribution in [0.5, 0.6) is 5.75 Å². The fraction of sp³-hybridized carbons (Fsp3) is 0.263. The van der Waals surface area contributed by atoms with Crippen LogP contribution in [0.1, 0.15) is 18.4 Å². The van der Waals surface area contributed by atoms with Gasteiger partial charge in [0.15, 0.2) is 11.6 Å². The molecular formula is C19H21ClN4O. The summed E-state index contributed by atoms with van der Waals surface area (Å²) in [6.07, 6.45) is 2.59. The van der Waals surface area contributed by atoms with Gasteiger partial charge < -0.3 is 5.11 Å². The summed E-state index contributed by atoms with van der Waals surface area (Å²) in [5, 5.41) is 17.2. The first-order valence-electron chi connectivity index (χ1n) is 8.32. The molecule has 0 spiro atoms. The Morgan fingerprint density at radius 2 is 1.84 bits per heavy atom. The summed E-state index contributed by atoms with van der Waals surface area (Å²) in [4.78, 5) is 7.02. The van der Waals surface area contributed by atoms with Gasteiger partial charge in [-0.25, -0.2) is 4.98 Å². The maximum Gasteiger partial charge on any atom is 0.181 e. The molecule has 1 aliphatic rings. The van der Waals surface area contributed by atoms with Crippen LogP contribution in [-0.4, -0.2) is 38.3 Å². The fourth-order valence-electron chi connectivity index (χ4n) is 3.19. The highest BCUT2D eigenvalue weighted by Gasteiger charge is 2.14. The molecule has 25 heavy (non-hydrogen) atoms. The molecule has 3 aromatic rings. The number of phenolic OH excluding ortho intramolecular Hbond substituents is 1. The van der Waals surface area contributed by atoms with Crippen LogP contribution in [0.3, 0.4) is 0 Å². The van der Waals surface area contributed by atoms with Crippen LogP contribution in [-0.2, 0) is 6.54 Å². The van der Waals surface area contributed by atoms with Gasteiger partial charge in [0, 0.05) is 12.1 Å². The van der Waals surface area contributed by atoms with Crippen LogP contribution in [0.25, 0.3) is 22.8 Å². The van der Waals surface area contributed by atoms with Gasteiger partial charge in [0.2, 0.25) is 0 Å². The summed E-state index contributed by atoms with van der Waals surface area (Å²) in [6.45, 7) is 3.34. The molecule has 2 N–H and O–H groups in total. The van der Waals surface area contributed by atoms with Crippen molar-refractivity contribution in [1.82, 2.24) is 20.1 Å². The number of benzene rings is 2. The summed E-state index contributed by atoms with van der Waals surface area (Å²) in [5.41, 5.74) is 2.93. The second-order valence-corrected chi connectivity index (χ2v) is 6.21. The lowest BCUT2D eigenvalue weighted by molar-refractivity contribution is 0.331. The fourth-order valence-corrected chi connectivity index (χ4v) is 3.19. The molecule has 130 valence electrons. The lowest BCUT2D eigenvalue weighted by Gasteiger charge is -2.14. The first kappa shape index (κ1) is 17.5. The second-order valence-electron chi connectivity index (χ2n) is 6.21. The molecular weight excluding hydrogens is 336 g/mol. The molecule has 1 saturated heterocycles. The van der Waals surface area contributed by atoms with Crippen molar-refractivity contribution in [1.29, 1.82) is 0 Å². The Morgan fingerprint density at radius 3 is 2.64 bits per heavy atom. The molecule has 0 bridgehead atoms. The van der Waals surface area contributed by atoms with Crippen LogP contribution in [0, 0.1) is 0 Å². The lowest BCUT2D eigenvalue weighted by Crippen LogP contribution is -2.18. The van der Waals surface area contributed by atoms with E-state index in [-0.39, 0.29) is 18.2 Å². The molecule has 2 heterocycles. The van der Waals surface area contributed by atoms with E-state index in [1.54, 1.807) is 12.1 Å². The maximum atomic E-state index is 9.95. The van der Waals surface area contributed by atoms with Gasteiger partial charge in [-0.15, -0.1) is 12.4 Å². The van der Waals surface area contributed by atoms with Crippen LogP contribution in [0.2, 0.25) is 0 Å². The van der Waals surface area contributed by atoms with Gasteiger partial charge in [-0.2, -0.15) is 5.10 Å². The molecule has 0 aliphatic carbocycles. The number of aromatic nitrogens is 3. The van der Waals surface area contributed by atoms with Crippen molar-refractivity contribution in [2.75, 3.05) is 13.1 Å². The van der Waals surface area contributed by atoms with Crippen LogP contribution < -0.4 is 0 Å². The van der Waals surface area contributed by atoms with Gasteiger partial charge in [0.25, 0.3) is 0 Å². The Kier molecular flexibility index (Phi) is 5.36. The van der Waals surface area contributed by atoms with Crippen molar-refractivity contribution in [2.45, 2.75) is 19.4 Å². The van der Waals surface area contributed by atoms with Gasteiger partial charge in [0.1, 0.15) is 5.75 Å². The summed E-state index contributed by atoms with van der Waals surface area (Å²) in [6, 6.07) is 15.5. The third kappa shape index (κ3) is 3.83. The minimum atomic E-state index is 0. The van der Waals surface area contributed by atoms with Crippen molar-refractivity contribution in [3.8, 4) is 28.5 Å².